The van der Waals surface area contributed by atoms with Gasteiger partial charge in [0.15, 0.2) is 5.11 Å². The summed E-state index contributed by atoms with van der Waals surface area (Å²) in [7, 11) is 0. The summed E-state index contributed by atoms with van der Waals surface area (Å²) in [5, 5.41) is 7.82. The maximum atomic E-state index is 5.60. The molecule has 0 amide bonds. The van der Waals surface area contributed by atoms with Gasteiger partial charge in [0.1, 0.15) is 5.75 Å². The highest BCUT2D eigenvalue weighted by Crippen LogP contribution is 2.12. The Balaban J connectivity index is 1.64. The molecule has 1 aromatic carbocycles. The van der Waals surface area contributed by atoms with Gasteiger partial charge in [-0.05, 0) is 55.9 Å². The summed E-state index contributed by atoms with van der Waals surface area (Å²) in [5.74, 6) is 0.857. The van der Waals surface area contributed by atoms with Crippen molar-refractivity contribution in [2.75, 3.05) is 39.4 Å². The molecule has 0 aromatic heterocycles. The second kappa shape index (κ2) is 10.2. The third-order valence-corrected chi connectivity index (χ3v) is 3.68. The summed E-state index contributed by atoms with van der Waals surface area (Å²) >= 11 is 5.21. The van der Waals surface area contributed by atoms with Gasteiger partial charge < -0.3 is 14.8 Å². The number of benzene rings is 1. The van der Waals surface area contributed by atoms with Gasteiger partial charge in [0.2, 0.25) is 0 Å². The molecule has 1 heterocycles. The van der Waals surface area contributed by atoms with E-state index in [0.29, 0.717) is 5.11 Å². The van der Waals surface area contributed by atoms with Crippen molar-refractivity contribution >= 4 is 23.5 Å². The molecule has 132 valence electrons. The molecule has 0 aliphatic carbocycles. The van der Waals surface area contributed by atoms with E-state index in [2.05, 4.69) is 20.7 Å². The molecule has 1 fully saturated rings. The van der Waals surface area contributed by atoms with Crippen LogP contribution in [0.2, 0.25) is 0 Å². The van der Waals surface area contributed by atoms with E-state index in [0.717, 1.165) is 50.7 Å². The predicted molar refractivity (Wildman–Crippen MR) is 101 cm³/mol. The minimum atomic E-state index is 0.173. The average Bonchev–Trinajstić information content (AvgIpc) is 2.57. The van der Waals surface area contributed by atoms with Crippen molar-refractivity contribution in [1.82, 2.24) is 15.6 Å². The van der Waals surface area contributed by atoms with Crippen LogP contribution in [0.15, 0.2) is 29.4 Å². The van der Waals surface area contributed by atoms with Gasteiger partial charge in [0.05, 0.1) is 25.5 Å². The highest BCUT2D eigenvalue weighted by atomic mass is 32.1. The first-order valence-corrected chi connectivity index (χ1v) is 8.68. The minimum absolute atomic E-state index is 0.173. The average molecular weight is 350 g/mol. The molecule has 1 aliphatic heterocycles. The Bertz CT molecular complexity index is 528. The number of ether oxygens (including phenoxy) is 2. The van der Waals surface area contributed by atoms with Gasteiger partial charge in [-0.15, -0.1) is 0 Å². The van der Waals surface area contributed by atoms with Crippen molar-refractivity contribution in [3.05, 3.63) is 29.8 Å². The second-order valence-electron chi connectivity index (χ2n) is 5.82. The topological polar surface area (TPSA) is 58.1 Å². The molecule has 2 N–H and O–H groups in total. The van der Waals surface area contributed by atoms with Gasteiger partial charge in [0.25, 0.3) is 0 Å². The standard InChI is InChI=1S/C17H26N4O2S/c1-14(2)23-16-5-3-15(4-6-16)13-19-20-17(24)18-7-8-21-9-11-22-12-10-21/h3-6,13-14H,7-12H2,1-2H3,(H2,18,20,24)/b19-13+. The number of nitrogens with zero attached hydrogens (tertiary/aromatic N) is 2. The van der Waals surface area contributed by atoms with E-state index in [-0.39, 0.29) is 6.10 Å². The van der Waals surface area contributed by atoms with Crippen LogP contribution in [0.25, 0.3) is 0 Å². The van der Waals surface area contributed by atoms with Crippen molar-refractivity contribution in [2.24, 2.45) is 5.10 Å². The Morgan fingerprint density at radius 2 is 2.04 bits per heavy atom. The zero-order valence-electron chi connectivity index (χ0n) is 14.3. The van der Waals surface area contributed by atoms with Crippen LogP contribution in [0.4, 0.5) is 0 Å². The lowest BCUT2D eigenvalue weighted by Gasteiger charge is -2.26. The zero-order chi connectivity index (χ0) is 17.2. The van der Waals surface area contributed by atoms with Gasteiger partial charge >= 0.3 is 0 Å². The second-order valence-corrected chi connectivity index (χ2v) is 6.22. The Labute approximate surface area is 149 Å². The lowest BCUT2D eigenvalue weighted by atomic mass is 10.2. The van der Waals surface area contributed by atoms with Gasteiger partial charge in [-0.25, -0.2) is 0 Å². The molecular formula is C17H26N4O2S. The molecule has 0 atom stereocenters. The molecule has 1 aliphatic rings. The largest absolute Gasteiger partial charge is 0.491 e. The molecule has 24 heavy (non-hydrogen) atoms. The van der Waals surface area contributed by atoms with E-state index >= 15 is 0 Å². The summed E-state index contributed by atoms with van der Waals surface area (Å²) in [6.07, 6.45) is 1.90. The van der Waals surface area contributed by atoms with Crippen LogP contribution in [0.3, 0.4) is 0 Å². The van der Waals surface area contributed by atoms with Gasteiger partial charge in [-0.1, -0.05) is 0 Å². The van der Waals surface area contributed by atoms with Crippen LogP contribution in [0.5, 0.6) is 5.75 Å². The molecule has 6 nitrogen and oxygen atoms in total. The molecule has 1 aromatic rings. The molecular weight excluding hydrogens is 324 g/mol. The fourth-order valence-electron chi connectivity index (χ4n) is 2.26. The van der Waals surface area contributed by atoms with Crippen molar-refractivity contribution in [2.45, 2.75) is 20.0 Å². The lowest BCUT2D eigenvalue weighted by molar-refractivity contribution is 0.0389. The monoisotopic (exact) mass is 350 g/mol. The first kappa shape index (κ1) is 18.6. The van der Waals surface area contributed by atoms with Crippen molar-refractivity contribution < 1.29 is 9.47 Å². The van der Waals surface area contributed by atoms with Crippen LogP contribution in [-0.2, 0) is 4.74 Å². The van der Waals surface area contributed by atoms with Crippen LogP contribution >= 0.6 is 12.2 Å². The van der Waals surface area contributed by atoms with Crippen molar-refractivity contribution in [3.63, 3.8) is 0 Å². The van der Waals surface area contributed by atoms with E-state index < -0.39 is 0 Å². The summed E-state index contributed by atoms with van der Waals surface area (Å²) in [4.78, 5) is 2.35. The Morgan fingerprint density at radius 3 is 2.71 bits per heavy atom. The summed E-state index contributed by atoms with van der Waals surface area (Å²) in [5.41, 5.74) is 3.81. The molecule has 7 heteroatoms. The number of hydrogen-bond donors (Lipinski definition) is 2. The maximum absolute atomic E-state index is 5.60. The minimum Gasteiger partial charge on any atom is -0.491 e. The highest BCUT2D eigenvalue weighted by molar-refractivity contribution is 7.80. The van der Waals surface area contributed by atoms with E-state index in [1.807, 2.05) is 38.1 Å². The Morgan fingerprint density at radius 1 is 1.33 bits per heavy atom. The quantitative estimate of drug-likeness (QED) is 0.443. The number of thiocarbonyl (C=S) groups is 1. The maximum Gasteiger partial charge on any atom is 0.187 e. The smallest absolute Gasteiger partial charge is 0.187 e. The van der Waals surface area contributed by atoms with E-state index in [4.69, 9.17) is 21.7 Å². The fraction of sp³-hybridized carbons (Fsp3) is 0.529. The van der Waals surface area contributed by atoms with Crippen LogP contribution in [0.1, 0.15) is 19.4 Å². The first-order valence-electron chi connectivity index (χ1n) is 8.27. The first-order chi connectivity index (χ1) is 11.6. The molecule has 2 rings (SSSR count). The number of morpholine rings is 1. The van der Waals surface area contributed by atoms with Crippen LogP contribution < -0.4 is 15.5 Å². The summed E-state index contributed by atoms with van der Waals surface area (Å²) in [6, 6.07) is 7.77. The Hall–Kier alpha value is -1.70. The predicted octanol–water partition coefficient (Wildman–Crippen LogP) is 1.60. The molecule has 0 spiro atoms. The van der Waals surface area contributed by atoms with Crippen molar-refractivity contribution in [3.8, 4) is 5.75 Å². The highest BCUT2D eigenvalue weighted by Gasteiger charge is 2.09. The van der Waals surface area contributed by atoms with E-state index in [1.54, 1.807) is 6.21 Å². The van der Waals surface area contributed by atoms with Crippen LogP contribution in [-0.4, -0.2) is 61.7 Å². The molecule has 0 saturated carbocycles. The molecule has 1 saturated heterocycles. The molecule has 0 unspecified atom stereocenters. The van der Waals surface area contributed by atoms with Crippen LogP contribution in [0, 0.1) is 0 Å². The third-order valence-electron chi connectivity index (χ3n) is 3.45. The van der Waals surface area contributed by atoms with Crippen molar-refractivity contribution in [1.29, 1.82) is 0 Å². The number of hydrazone groups is 1. The van der Waals surface area contributed by atoms with E-state index in [1.165, 1.54) is 0 Å². The number of nitrogens with one attached hydrogen (secondary N) is 2. The number of hydrogen-bond acceptors (Lipinski definition) is 5. The SMILES string of the molecule is CC(C)Oc1ccc(/C=N/NC(=S)NCCN2CCOCC2)cc1. The van der Waals surface area contributed by atoms with E-state index in [9.17, 15) is 0 Å². The Kier molecular flexibility index (Phi) is 7.94. The number of rotatable bonds is 7. The normalized spacial score (nSPS) is 15.6. The fourth-order valence-corrected chi connectivity index (χ4v) is 2.42. The summed E-state index contributed by atoms with van der Waals surface area (Å²) in [6.45, 7) is 9.35. The molecule has 0 radical (unpaired) electrons. The van der Waals surface area contributed by atoms with Gasteiger partial charge in [-0.2, -0.15) is 5.10 Å². The zero-order valence-corrected chi connectivity index (χ0v) is 15.1. The summed E-state index contributed by atoms with van der Waals surface area (Å²) < 4.78 is 10.9. The molecule has 0 bridgehead atoms. The van der Waals surface area contributed by atoms with Gasteiger partial charge in [-0.3, -0.25) is 10.3 Å². The third kappa shape index (κ3) is 7.25. The lowest BCUT2D eigenvalue weighted by Crippen LogP contribution is -2.42. The van der Waals surface area contributed by atoms with Gasteiger partial charge in [0, 0.05) is 26.2 Å².